The number of nitrogens with two attached hydrogens (primary N) is 1. The molecule has 3 aromatic rings. The summed E-state index contributed by atoms with van der Waals surface area (Å²) in [7, 11) is -2.64. The Labute approximate surface area is 256 Å². The number of methoxy groups -OCH3 is 1. The van der Waals surface area contributed by atoms with Crippen LogP contribution in [0, 0.1) is 26.7 Å². The van der Waals surface area contributed by atoms with Crippen LogP contribution in [0.2, 0.25) is 0 Å². The van der Waals surface area contributed by atoms with Crippen molar-refractivity contribution in [1.82, 2.24) is 0 Å². The molecule has 0 aliphatic carbocycles. The third-order valence-electron chi connectivity index (χ3n) is 7.75. The number of rotatable bonds is 11. The maximum Gasteiger partial charge on any atom is 0.380 e. The molecule has 2 unspecified atom stereocenters. The molecule has 0 saturated carbocycles. The predicted molar refractivity (Wildman–Crippen MR) is 159 cm³/mol. The summed E-state index contributed by atoms with van der Waals surface area (Å²) in [5.41, 5.74) is 9.94. The van der Waals surface area contributed by atoms with E-state index in [1.54, 1.807) is 66.3 Å². The lowest BCUT2D eigenvalue weighted by Crippen LogP contribution is -2.46. The van der Waals surface area contributed by atoms with Crippen molar-refractivity contribution in [2.75, 3.05) is 19.9 Å². The van der Waals surface area contributed by atoms with Crippen LogP contribution in [0.15, 0.2) is 67.0 Å². The number of hydrogen-bond donors (Lipinski definition) is 1. The van der Waals surface area contributed by atoms with Crippen molar-refractivity contribution in [3.63, 3.8) is 0 Å². The van der Waals surface area contributed by atoms with Crippen molar-refractivity contribution in [3.8, 4) is 5.75 Å². The molecule has 2 saturated heterocycles. The van der Waals surface area contributed by atoms with E-state index in [1.165, 1.54) is 7.11 Å². The number of aromatic nitrogens is 1. The van der Waals surface area contributed by atoms with Crippen LogP contribution in [0.3, 0.4) is 0 Å². The fraction of sp³-hybridized carbons (Fsp3) is 0.406. The van der Waals surface area contributed by atoms with Crippen molar-refractivity contribution in [3.05, 3.63) is 94.8 Å². The quantitative estimate of drug-likeness (QED) is 0.186. The highest BCUT2D eigenvalue weighted by atomic mass is 31.2. The molecule has 234 valence electrons. The minimum absolute atomic E-state index is 0.187. The number of benzene rings is 2. The molecule has 2 aliphatic heterocycles. The van der Waals surface area contributed by atoms with E-state index in [0.29, 0.717) is 11.3 Å². The largest absolute Gasteiger partial charge is 0.469 e. The molecule has 44 heavy (non-hydrogen) atoms. The second kappa shape index (κ2) is 13.2. The lowest BCUT2D eigenvalue weighted by molar-refractivity contribution is -0.766. The molecular weight excluding hydrogens is 587 g/mol. The third-order valence-corrected chi connectivity index (χ3v) is 9.77. The molecule has 7 atom stereocenters. The number of hydrogen-bond acceptors (Lipinski definition) is 9. The molecule has 0 radical (unpaired) electrons. The predicted octanol–water partition coefficient (Wildman–Crippen LogP) is 4.48. The summed E-state index contributed by atoms with van der Waals surface area (Å²) in [5.74, 6) is -1.54. The van der Waals surface area contributed by atoms with Crippen molar-refractivity contribution in [2.45, 2.75) is 58.5 Å². The third kappa shape index (κ3) is 6.87. The number of para-hydroxylation sites is 1. The minimum atomic E-state index is -3.91. The topological polar surface area (TPSA) is 136 Å². The van der Waals surface area contributed by atoms with E-state index in [1.807, 2.05) is 20.8 Å². The van der Waals surface area contributed by atoms with Gasteiger partial charge in [0, 0.05) is 11.6 Å². The first-order valence-corrected chi connectivity index (χ1v) is 16.1. The van der Waals surface area contributed by atoms with Crippen LogP contribution < -0.4 is 14.8 Å². The molecular formula is C32H38N2O9P+. The first kappa shape index (κ1) is 31.8. The average Bonchev–Trinajstić information content (AvgIpc) is 3.55. The maximum atomic E-state index is 14.1. The van der Waals surface area contributed by atoms with E-state index in [2.05, 4.69) is 12.1 Å². The van der Waals surface area contributed by atoms with Gasteiger partial charge >= 0.3 is 13.6 Å². The Kier molecular flexibility index (Phi) is 9.53. The van der Waals surface area contributed by atoms with E-state index in [-0.39, 0.29) is 12.8 Å². The van der Waals surface area contributed by atoms with Gasteiger partial charge in [0.2, 0.25) is 0 Å². The number of carbonyl (C=O) groups excluding carboxylic acids is 2. The van der Waals surface area contributed by atoms with Crippen LogP contribution in [0.4, 0.5) is 0 Å². The van der Waals surface area contributed by atoms with Crippen LogP contribution in [0.1, 0.15) is 52.1 Å². The zero-order valence-corrected chi connectivity index (χ0v) is 26.3. The number of fused-ring (bicyclic) bond motifs is 1. The van der Waals surface area contributed by atoms with Crippen molar-refractivity contribution >= 4 is 19.5 Å². The van der Waals surface area contributed by atoms with Crippen LogP contribution in [-0.2, 0) is 32.8 Å². The molecule has 3 heterocycles. The number of aryl methyl sites for hydroxylation is 3. The highest BCUT2D eigenvalue weighted by molar-refractivity contribution is 7.54. The van der Waals surface area contributed by atoms with Gasteiger partial charge < -0.3 is 29.2 Å². The van der Waals surface area contributed by atoms with E-state index in [0.717, 1.165) is 22.3 Å². The average molecular weight is 626 g/mol. The van der Waals surface area contributed by atoms with Crippen LogP contribution in [-0.4, -0.2) is 50.1 Å². The molecule has 2 aromatic carbocycles. The summed E-state index contributed by atoms with van der Waals surface area (Å²) in [6, 6.07) is 16.1. The molecule has 2 aliphatic rings. The summed E-state index contributed by atoms with van der Waals surface area (Å²) in [6.45, 7) is 7.46. The zero-order valence-electron chi connectivity index (χ0n) is 25.4. The SMILES string of the molecule is COC(=O)[C@H](C)CP(=O)(OC[C@H]1O[C@@H]([n+]2cccc(C(N)=O)c2)[C@@H]2OC(c3c(C)cc(C)cc3C)O[C@@H]21)Oc1ccccc1. The smallest absolute Gasteiger partial charge is 0.380 e. The first-order valence-electron chi connectivity index (χ1n) is 14.4. The van der Waals surface area contributed by atoms with Crippen molar-refractivity contribution in [1.29, 1.82) is 0 Å². The summed E-state index contributed by atoms with van der Waals surface area (Å²) in [6.07, 6.45) is -0.254. The standard InChI is InChI=1S/C32H37N2O9P/c1-19-14-20(2)26(21(3)15-19)32-41-27-25(40-30(28(27)42-32)34-13-9-10-23(16-34)29(33)35)17-39-44(37,18-22(4)31(36)38-5)43-24-11-7-6-8-12-24/h6-16,22,25,27-28,30,32H,17-18H2,1-5H3,(H-,33,35)/p+1/t22-,25-,27-,28-,30-,32?,44?/m1/s1. The molecule has 0 bridgehead atoms. The van der Waals surface area contributed by atoms with Crippen LogP contribution >= 0.6 is 7.60 Å². The molecule has 1 aromatic heterocycles. The fourth-order valence-corrected chi connectivity index (χ4v) is 7.63. The van der Waals surface area contributed by atoms with Crippen LogP contribution in [0.25, 0.3) is 0 Å². The monoisotopic (exact) mass is 625 g/mol. The summed E-state index contributed by atoms with van der Waals surface area (Å²) >= 11 is 0. The molecule has 0 spiro atoms. The zero-order chi connectivity index (χ0) is 31.6. The molecule has 11 nitrogen and oxygen atoms in total. The van der Waals surface area contributed by atoms with Gasteiger partial charge in [0.15, 0.2) is 24.8 Å². The first-order chi connectivity index (χ1) is 21.0. The molecule has 2 fully saturated rings. The highest BCUT2D eigenvalue weighted by Crippen LogP contribution is 2.51. The Balaban J connectivity index is 1.44. The number of pyridine rings is 1. The Morgan fingerprint density at radius 2 is 1.68 bits per heavy atom. The van der Waals surface area contributed by atoms with E-state index >= 15 is 0 Å². The molecule has 12 heteroatoms. The minimum Gasteiger partial charge on any atom is -0.469 e. The van der Waals surface area contributed by atoms with Crippen molar-refractivity contribution in [2.24, 2.45) is 11.7 Å². The van der Waals surface area contributed by atoms with Gasteiger partial charge in [0.05, 0.1) is 25.8 Å². The summed E-state index contributed by atoms with van der Waals surface area (Å²) in [5, 5.41) is 0. The Hall–Kier alpha value is -3.60. The summed E-state index contributed by atoms with van der Waals surface area (Å²) in [4.78, 5) is 24.2. The Bertz CT molecular complexity index is 1540. The molecule has 2 N–H and O–H groups in total. The van der Waals surface area contributed by atoms with Gasteiger partial charge in [0.25, 0.3) is 12.1 Å². The fourth-order valence-electron chi connectivity index (χ4n) is 5.76. The second-order valence-electron chi connectivity index (χ2n) is 11.2. The number of nitrogens with zero attached hydrogens (tertiary/aromatic N) is 1. The Morgan fingerprint density at radius 3 is 2.34 bits per heavy atom. The lowest BCUT2D eigenvalue weighted by Gasteiger charge is -2.24. The van der Waals surface area contributed by atoms with Gasteiger partial charge in [-0.2, -0.15) is 4.57 Å². The number of amides is 1. The number of primary amides is 1. The maximum absolute atomic E-state index is 14.1. The second-order valence-corrected chi connectivity index (χ2v) is 13.3. The van der Waals surface area contributed by atoms with E-state index < -0.39 is 56.2 Å². The van der Waals surface area contributed by atoms with Gasteiger partial charge in [-0.15, -0.1) is 0 Å². The van der Waals surface area contributed by atoms with Crippen LogP contribution in [0.5, 0.6) is 5.75 Å². The van der Waals surface area contributed by atoms with Gasteiger partial charge in [-0.1, -0.05) is 42.8 Å². The Morgan fingerprint density at radius 1 is 1.00 bits per heavy atom. The highest BCUT2D eigenvalue weighted by Gasteiger charge is 2.58. The van der Waals surface area contributed by atoms with Crippen molar-refractivity contribution < 1.29 is 46.7 Å². The normalized spacial score (nSPS) is 24.7. The lowest BCUT2D eigenvalue weighted by atomic mass is 9.99. The van der Waals surface area contributed by atoms with Gasteiger partial charge in [0.1, 0.15) is 23.5 Å². The van der Waals surface area contributed by atoms with Gasteiger partial charge in [-0.25, -0.2) is 4.57 Å². The van der Waals surface area contributed by atoms with E-state index in [9.17, 15) is 14.2 Å². The number of esters is 1. The molecule has 5 rings (SSSR count). The number of ether oxygens (including phenoxy) is 4. The van der Waals surface area contributed by atoms with Gasteiger partial charge in [-0.05, 0) is 50.1 Å². The van der Waals surface area contributed by atoms with E-state index in [4.69, 9.17) is 33.7 Å². The number of carbonyl (C=O) groups is 2. The molecule has 1 amide bonds. The van der Waals surface area contributed by atoms with Gasteiger partial charge in [-0.3, -0.25) is 14.1 Å². The summed E-state index contributed by atoms with van der Waals surface area (Å²) < 4.78 is 51.9.